The van der Waals surface area contributed by atoms with E-state index in [0.717, 1.165) is 17.6 Å². The second-order valence-electron chi connectivity index (χ2n) is 9.57. The molecule has 2 N–H and O–H groups in total. The highest BCUT2D eigenvalue weighted by molar-refractivity contribution is 6.02. The molecule has 1 amide bonds. The first-order valence-electron chi connectivity index (χ1n) is 12.0. The zero-order valence-electron chi connectivity index (χ0n) is 21.3. The molecule has 2 aromatic heterocycles. The summed E-state index contributed by atoms with van der Waals surface area (Å²) in [5, 5.41) is 4.61. The Kier molecular flexibility index (Phi) is 7.97. The lowest BCUT2D eigenvalue weighted by atomic mass is 10.0. The molecule has 0 saturated heterocycles. The lowest BCUT2D eigenvalue weighted by Crippen LogP contribution is -2.24. The normalized spacial score (nSPS) is 13.0. The Hall–Kier alpha value is -3.35. The molecule has 0 fully saturated rings. The Morgan fingerprint density at radius 2 is 1.88 bits per heavy atom. The number of nitrogens with two attached hydrogens (primary N) is 1. The van der Waals surface area contributed by atoms with Crippen molar-refractivity contribution >= 4 is 23.1 Å². The number of carbonyl (C=O) groups excluding carboxylic acids is 1. The van der Waals surface area contributed by atoms with Gasteiger partial charge in [-0.2, -0.15) is 10.1 Å². The van der Waals surface area contributed by atoms with Gasteiger partial charge in [-0.25, -0.2) is 9.31 Å². The summed E-state index contributed by atoms with van der Waals surface area (Å²) >= 11 is 0. The highest BCUT2D eigenvalue weighted by atomic mass is 16.6. The van der Waals surface area contributed by atoms with E-state index < -0.39 is 11.7 Å². The lowest BCUT2D eigenvalue weighted by Gasteiger charge is -2.17. The van der Waals surface area contributed by atoms with Gasteiger partial charge in [0.05, 0.1) is 11.9 Å². The van der Waals surface area contributed by atoms with Gasteiger partial charge in [-0.15, -0.1) is 0 Å². The third-order valence-corrected chi connectivity index (χ3v) is 5.76. The van der Waals surface area contributed by atoms with Gasteiger partial charge in [0.15, 0.2) is 0 Å². The molecule has 0 spiro atoms. The Morgan fingerprint density at radius 1 is 1.18 bits per heavy atom. The molecule has 0 unspecified atom stereocenters. The smallest absolute Gasteiger partial charge is 0.436 e. The van der Waals surface area contributed by atoms with Crippen molar-refractivity contribution in [1.82, 2.24) is 14.2 Å². The number of carbonyl (C=O) groups is 1. The van der Waals surface area contributed by atoms with Gasteiger partial charge in [-0.3, -0.25) is 0 Å². The van der Waals surface area contributed by atoms with Crippen molar-refractivity contribution in [3.63, 3.8) is 0 Å². The summed E-state index contributed by atoms with van der Waals surface area (Å²) in [5.74, 6) is 0.142. The molecule has 0 bridgehead atoms. The number of hydrogen-bond acceptors (Lipinski definition) is 3. The van der Waals surface area contributed by atoms with E-state index in [4.69, 9.17) is 10.5 Å². The number of nitrogens with zero attached hydrogens (tertiary/aromatic N) is 4. The number of amidine groups is 1. The molecule has 0 saturated carbocycles. The van der Waals surface area contributed by atoms with E-state index >= 15 is 0 Å². The zero-order chi connectivity index (χ0) is 24.9. The van der Waals surface area contributed by atoms with Crippen molar-refractivity contribution in [3.05, 3.63) is 65.1 Å². The number of fused-ring (bicyclic) bond motifs is 1. The molecule has 1 aromatic carbocycles. The van der Waals surface area contributed by atoms with Crippen LogP contribution in [-0.4, -0.2) is 31.7 Å². The molecule has 3 rings (SSSR count). The summed E-state index contributed by atoms with van der Waals surface area (Å²) in [6, 6.07) is 9.84. The van der Waals surface area contributed by atoms with Crippen LogP contribution in [0.4, 0.5) is 4.79 Å². The van der Waals surface area contributed by atoms with Crippen molar-refractivity contribution in [2.45, 2.75) is 79.4 Å². The number of amides is 1. The topological polar surface area (TPSA) is 86.9 Å². The maximum atomic E-state index is 11.9. The molecule has 2 heterocycles. The highest BCUT2D eigenvalue weighted by Crippen LogP contribution is 2.28. The number of rotatable bonds is 8. The van der Waals surface area contributed by atoms with Gasteiger partial charge in [0.1, 0.15) is 17.1 Å². The SMILES string of the molecule is CC=C(CCCCC)c1c(C)n(Cc2ccc(C(N)=NC(=O)OC(C)(C)C)cc2)c2ccnn12. The standard InChI is InChI=1S/C27H37N5O2/c1-7-9-10-11-21(8-2)24-19(3)31(23-16-17-29-32(23)24)18-20-12-14-22(15-13-20)25(28)30-26(33)34-27(4,5)6/h8,12-17H,7,9-11,18H2,1-6H3,(H2,28,30,33). The molecule has 0 atom stereocenters. The summed E-state index contributed by atoms with van der Waals surface area (Å²) in [5.41, 5.74) is 12.0. The van der Waals surface area contributed by atoms with Crippen molar-refractivity contribution < 1.29 is 9.53 Å². The molecular weight excluding hydrogens is 426 g/mol. The van der Waals surface area contributed by atoms with E-state index in [2.05, 4.69) is 52.1 Å². The molecule has 34 heavy (non-hydrogen) atoms. The van der Waals surface area contributed by atoms with Crippen LogP contribution in [0.3, 0.4) is 0 Å². The Balaban J connectivity index is 1.83. The van der Waals surface area contributed by atoms with Crippen LogP contribution in [-0.2, 0) is 11.3 Å². The van der Waals surface area contributed by atoms with Gasteiger partial charge in [-0.1, -0.05) is 50.1 Å². The summed E-state index contributed by atoms with van der Waals surface area (Å²) in [6.07, 6.45) is 8.04. The van der Waals surface area contributed by atoms with Gasteiger partial charge in [0.2, 0.25) is 0 Å². The average molecular weight is 464 g/mol. The Morgan fingerprint density at radius 3 is 2.50 bits per heavy atom. The highest BCUT2D eigenvalue weighted by Gasteiger charge is 2.19. The number of ether oxygens (including phenoxy) is 1. The quantitative estimate of drug-likeness (QED) is 0.248. The zero-order valence-corrected chi connectivity index (χ0v) is 21.3. The number of benzene rings is 1. The third-order valence-electron chi connectivity index (χ3n) is 5.76. The van der Waals surface area contributed by atoms with Crippen LogP contribution < -0.4 is 5.73 Å². The second-order valence-corrected chi connectivity index (χ2v) is 9.57. The first kappa shape index (κ1) is 25.3. The van der Waals surface area contributed by atoms with Crippen LogP contribution in [0.2, 0.25) is 0 Å². The maximum Gasteiger partial charge on any atom is 0.436 e. The third kappa shape index (κ3) is 5.95. The number of hydrogen-bond donors (Lipinski definition) is 1. The van der Waals surface area contributed by atoms with Gasteiger partial charge >= 0.3 is 6.09 Å². The lowest BCUT2D eigenvalue weighted by molar-refractivity contribution is 0.0604. The number of aliphatic imine (C=N–C) groups is 1. The minimum atomic E-state index is -0.689. The number of allylic oxidation sites excluding steroid dienone is 2. The fourth-order valence-corrected chi connectivity index (χ4v) is 4.07. The van der Waals surface area contributed by atoms with Crippen LogP contribution in [0.1, 0.15) is 82.8 Å². The molecule has 0 aliphatic carbocycles. The minimum Gasteiger partial charge on any atom is -0.442 e. The van der Waals surface area contributed by atoms with Crippen LogP contribution in [0.25, 0.3) is 11.2 Å². The predicted octanol–water partition coefficient (Wildman–Crippen LogP) is 6.12. The van der Waals surface area contributed by atoms with Gasteiger partial charge < -0.3 is 15.0 Å². The molecule has 3 aromatic rings. The monoisotopic (exact) mass is 463 g/mol. The van der Waals surface area contributed by atoms with E-state index in [1.807, 2.05) is 30.5 Å². The van der Waals surface area contributed by atoms with Crippen LogP contribution in [0, 0.1) is 6.92 Å². The summed E-state index contributed by atoms with van der Waals surface area (Å²) < 4.78 is 9.56. The molecule has 7 nitrogen and oxygen atoms in total. The van der Waals surface area contributed by atoms with Gasteiger partial charge in [0, 0.05) is 23.9 Å². The first-order chi connectivity index (χ1) is 16.1. The second kappa shape index (κ2) is 10.7. The molecule has 182 valence electrons. The van der Waals surface area contributed by atoms with Crippen molar-refractivity contribution in [2.24, 2.45) is 10.7 Å². The fourth-order valence-electron chi connectivity index (χ4n) is 4.07. The van der Waals surface area contributed by atoms with E-state index in [-0.39, 0.29) is 5.84 Å². The minimum absolute atomic E-state index is 0.142. The van der Waals surface area contributed by atoms with Crippen LogP contribution in [0.5, 0.6) is 0 Å². The number of unbranched alkanes of at least 4 members (excludes halogenated alkanes) is 2. The largest absolute Gasteiger partial charge is 0.442 e. The van der Waals surface area contributed by atoms with Gasteiger partial charge in [-0.05, 0) is 58.6 Å². The molecule has 7 heteroatoms. The predicted molar refractivity (Wildman–Crippen MR) is 138 cm³/mol. The van der Waals surface area contributed by atoms with Crippen molar-refractivity contribution in [3.8, 4) is 0 Å². The van der Waals surface area contributed by atoms with Crippen LogP contribution in [0.15, 0.2) is 47.6 Å². The summed E-state index contributed by atoms with van der Waals surface area (Å²) in [6.45, 7) is 12.6. The van der Waals surface area contributed by atoms with Crippen LogP contribution >= 0.6 is 0 Å². The number of aromatic nitrogens is 3. The van der Waals surface area contributed by atoms with Crippen molar-refractivity contribution in [1.29, 1.82) is 0 Å². The van der Waals surface area contributed by atoms with Crippen molar-refractivity contribution in [2.75, 3.05) is 0 Å². The fraction of sp³-hybridized carbons (Fsp3) is 0.444. The summed E-state index contributed by atoms with van der Waals surface area (Å²) in [7, 11) is 0. The van der Waals surface area contributed by atoms with E-state index in [1.54, 1.807) is 20.8 Å². The Labute approximate surface area is 202 Å². The molecule has 0 aliphatic heterocycles. The average Bonchev–Trinajstić information content (AvgIpc) is 3.33. The van der Waals surface area contributed by atoms with E-state index in [1.165, 1.54) is 36.2 Å². The van der Waals surface area contributed by atoms with E-state index in [9.17, 15) is 4.79 Å². The maximum absolute atomic E-state index is 11.9. The molecule has 0 radical (unpaired) electrons. The summed E-state index contributed by atoms with van der Waals surface area (Å²) in [4.78, 5) is 15.8. The van der Waals surface area contributed by atoms with E-state index in [0.29, 0.717) is 12.1 Å². The Bertz CT molecular complexity index is 1190. The van der Waals surface area contributed by atoms with Gasteiger partial charge in [0.25, 0.3) is 0 Å². The molecule has 0 aliphatic rings. The number of imidazole rings is 1. The first-order valence-corrected chi connectivity index (χ1v) is 12.0. The molecular formula is C27H37N5O2.